The summed E-state index contributed by atoms with van der Waals surface area (Å²) >= 11 is 6.03. The molecule has 2 aliphatic rings. The van der Waals surface area contributed by atoms with Gasteiger partial charge in [-0.15, -0.1) is 0 Å². The van der Waals surface area contributed by atoms with Crippen LogP contribution >= 0.6 is 11.6 Å². The lowest BCUT2D eigenvalue weighted by molar-refractivity contribution is -0.126. The third kappa shape index (κ3) is 4.44. The van der Waals surface area contributed by atoms with Gasteiger partial charge in [0.05, 0.1) is 32.1 Å². The van der Waals surface area contributed by atoms with Crippen LogP contribution in [0.1, 0.15) is 19.8 Å². The van der Waals surface area contributed by atoms with Gasteiger partial charge in [-0.25, -0.2) is 0 Å². The van der Waals surface area contributed by atoms with Gasteiger partial charge in [-0.05, 0) is 44.5 Å². The number of hydrogen-bond acceptors (Lipinski definition) is 5. The maximum atomic E-state index is 12.7. The lowest BCUT2D eigenvalue weighted by atomic mass is 9.96. The van der Waals surface area contributed by atoms with Crippen molar-refractivity contribution < 1.29 is 19.0 Å². The van der Waals surface area contributed by atoms with E-state index in [0.717, 1.165) is 25.9 Å². The first kappa shape index (κ1) is 18.5. The quantitative estimate of drug-likeness (QED) is 0.866. The number of hydrogen-bond donors (Lipinski definition) is 1. The molecule has 0 radical (unpaired) electrons. The normalized spacial score (nSPS) is 23.4. The molecule has 0 spiro atoms. The first-order valence-electron chi connectivity index (χ1n) is 8.70. The molecule has 0 saturated carbocycles. The number of rotatable bonds is 5. The Kier molecular flexibility index (Phi) is 6.17. The van der Waals surface area contributed by atoms with E-state index in [2.05, 4.69) is 10.2 Å². The number of piperidine rings is 1. The van der Waals surface area contributed by atoms with Gasteiger partial charge in [-0.1, -0.05) is 11.6 Å². The van der Waals surface area contributed by atoms with Crippen molar-refractivity contribution in [3.05, 3.63) is 23.2 Å². The minimum atomic E-state index is -0.257. The van der Waals surface area contributed by atoms with Crippen LogP contribution in [0, 0.1) is 5.92 Å². The first-order chi connectivity index (χ1) is 12.1. The molecule has 2 fully saturated rings. The zero-order chi connectivity index (χ0) is 17.8. The number of carbonyl (C=O) groups is 1. The molecule has 3 rings (SSSR count). The molecule has 25 heavy (non-hydrogen) atoms. The van der Waals surface area contributed by atoms with Crippen LogP contribution < -0.4 is 10.1 Å². The number of ether oxygens (including phenoxy) is 3. The van der Waals surface area contributed by atoms with E-state index in [-0.39, 0.29) is 18.2 Å². The van der Waals surface area contributed by atoms with Gasteiger partial charge in [0.2, 0.25) is 5.91 Å². The molecule has 0 aromatic heterocycles. The Morgan fingerprint density at radius 1 is 1.40 bits per heavy atom. The zero-order valence-electron chi connectivity index (χ0n) is 14.7. The van der Waals surface area contributed by atoms with Gasteiger partial charge in [-0.3, -0.25) is 9.69 Å². The van der Waals surface area contributed by atoms with Gasteiger partial charge in [0.15, 0.2) is 6.29 Å². The monoisotopic (exact) mass is 368 g/mol. The Bertz CT molecular complexity index is 607. The van der Waals surface area contributed by atoms with Crippen LogP contribution in [-0.2, 0) is 14.3 Å². The van der Waals surface area contributed by atoms with E-state index in [1.54, 1.807) is 25.3 Å². The Labute approximate surface area is 153 Å². The number of amides is 1. The Hall–Kier alpha value is -1.34. The molecule has 1 N–H and O–H groups in total. The van der Waals surface area contributed by atoms with Crippen molar-refractivity contribution in [3.8, 4) is 5.75 Å². The van der Waals surface area contributed by atoms with Crippen LogP contribution in [0.25, 0.3) is 0 Å². The number of halogens is 1. The summed E-state index contributed by atoms with van der Waals surface area (Å²) in [5.74, 6) is 0.830. The van der Waals surface area contributed by atoms with Crippen molar-refractivity contribution in [2.75, 3.05) is 38.7 Å². The molecule has 2 heterocycles. The van der Waals surface area contributed by atoms with Gasteiger partial charge in [0.25, 0.3) is 0 Å². The third-order valence-corrected chi connectivity index (χ3v) is 5.10. The minimum Gasteiger partial charge on any atom is -0.495 e. The number of carbonyl (C=O) groups excluding carboxylic acids is 1. The van der Waals surface area contributed by atoms with Crippen LogP contribution in [-0.4, -0.2) is 56.6 Å². The molecule has 2 saturated heterocycles. The standard InChI is InChI=1S/C18H25ClN2O4/c1-12(17(22)20-15-10-14(19)5-6-16(15)23-2)21-7-3-4-13(11-21)18-24-8-9-25-18/h5-6,10,12-13,18H,3-4,7-9,11H2,1-2H3,(H,20,22)/t12-,13-/m0/s1. The van der Waals surface area contributed by atoms with Crippen LogP contribution in [0.3, 0.4) is 0 Å². The van der Waals surface area contributed by atoms with Crippen LogP contribution in [0.5, 0.6) is 5.75 Å². The molecule has 1 aromatic rings. The average Bonchev–Trinajstić information content (AvgIpc) is 3.16. The maximum Gasteiger partial charge on any atom is 0.241 e. The minimum absolute atomic E-state index is 0.0746. The fraction of sp³-hybridized carbons (Fsp3) is 0.611. The lowest BCUT2D eigenvalue weighted by Crippen LogP contribution is -2.49. The number of nitrogens with zero attached hydrogens (tertiary/aromatic N) is 1. The molecule has 2 aliphatic heterocycles. The van der Waals surface area contributed by atoms with Crippen molar-refractivity contribution in [1.29, 1.82) is 0 Å². The molecular formula is C18H25ClN2O4. The largest absolute Gasteiger partial charge is 0.495 e. The fourth-order valence-electron chi connectivity index (χ4n) is 3.44. The molecular weight excluding hydrogens is 344 g/mol. The summed E-state index contributed by atoms with van der Waals surface area (Å²) in [7, 11) is 1.57. The summed E-state index contributed by atoms with van der Waals surface area (Å²) in [4.78, 5) is 14.9. The highest BCUT2D eigenvalue weighted by molar-refractivity contribution is 6.31. The average molecular weight is 369 g/mol. The van der Waals surface area contributed by atoms with E-state index in [0.29, 0.717) is 35.6 Å². The van der Waals surface area contributed by atoms with Crippen molar-refractivity contribution in [2.24, 2.45) is 5.92 Å². The van der Waals surface area contributed by atoms with E-state index in [1.165, 1.54) is 0 Å². The highest BCUT2D eigenvalue weighted by Crippen LogP contribution is 2.29. The molecule has 2 atom stereocenters. The molecule has 0 bridgehead atoms. The zero-order valence-corrected chi connectivity index (χ0v) is 15.4. The molecule has 6 nitrogen and oxygen atoms in total. The number of methoxy groups -OCH3 is 1. The van der Waals surface area contributed by atoms with Crippen LogP contribution in [0.4, 0.5) is 5.69 Å². The van der Waals surface area contributed by atoms with Crippen molar-refractivity contribution in [3.63, 3.8) is 0 Å². The fourth-order valence-corrected chi connectivity index (χ4v) is 3.62. The molecule has 0 unspecified atom stereocenters. The van der Waals surface area contributed by atoms with Crippen LogP contribution in [0.2, 0.25) is 5.02 Å². The smallest absolute Gasteiger partial charge is 0.241 e. The number of nitrogens with one attached hydrogen (secondary N) is 1. The van der Waals surface area contributed by atoms with Gasteiger partial charge >= 0.3 is 0 Å². The summed E-state index contributed by atoms with van der Waals surface area (Å²) < 4.78 is 16.6. The summed E-state index contributed by atoms with van der Waals surface area (Å²) in [6.45, 7) is 4.93. The summed E-state index contributed by atoms with van der Waals surface area (Å²) in [5.41, 5.74) is 0.586. The van der Waals surface area contributed by atoms with Gasteiger partial charge < -0.3 is 19.5 Å². The number of likely N-dealkylation sites (tertiary alicyclic amines) is 1. The Morgan fingerprint density at radius 2 is 2.16 bits per heavy atom. The molecule has 1 amide bonds. The van der Waals surface area contributed by atoms with E-state index in [4.69, 9.17) is 25.8 Å². The molecule has 0 aliphatic carbocycles. The lowest BCUT2D eigenvalue weighted by Gasteiger charge is -2.37. The predicted octanol–water partition coefficient (Wildman–Crippen LogP) is 2.76. The van der Waals surface area contributed by atoms with Gasteiger partial charge in [-0.2, -0.15) is 0 Å². The Balaban J connectivity index is 1.62. The number of benzene rings is 1. The molecule has 7 heteroatoms. The Morgan fingerprint density at radius 3 is 2.88 bits per heavy atom. The third-order valence-electron chi connectivity index (χ3n) is 4.87. The SMILES string of the molecule is COc1ccc(Cl)cc1NC(=O)[C@H](C)N1CCC[C@H](C2OCCO2)C1. The summed E-state index contributed by atoms with van der Waals surface area (Å²) in [5, 5.41) is 3.48. The van der Waals surface area contributed by atoms with E-state index in [9.17, 15) is 4.79 Å². The van der Waals surface area contributed by atoms with Crippen LogP contribution in [0.15, 0.2) is 18.2 Å². The van der Waals surface area contributed by atoms with Crippen molar-refractivity contribution >= 4 is 23.2 Å². The molecule has 1 aromatic carbocycles. The first-order valence-corrected chi connectivity index (χ1v) is 9.08. The highest BCUT2D eigenvalue weighted by atomic mass is 35.5. The predicted molar refractivity (Wildman–Crippen MR) is 96.1 cm³/mol. The topological polar surface area (TPSA) is 60.0 Å². The molecule has 138 valence electrons. The van der Waals surface area contributed by atoms with E-state index >= 15 is 0 Å². The van der Waals surface area contributed by atoms with Gasteiger partial charge in [0, 0.05) is 17.5 Å². The second kappa shape index (κ2) is 8.36. The van der Waals surface area contributed by atoms with E-state index < -0.39 is 0 Å². The van der Waals surface area contributed by atoms with Gasteiger partial charge in [0.1, 0.15) is 5.75 Å². The summed E-state index contributed by atoms with van der Waals surface area (Å²) in [6, 6.07) is 4.92. The maximum absolute atomic E-state index is 12.7. The van der Waals surface area contributed by atoms with Crippen molar-refractivity contribution in [2.45, 2.75) is 32.1 Å². The second-order valence-electron chi connectivity index (χ2n) is 6.52. The highest BCUT2D eigenvalue weighted by Gasteiger charge is 2.34. The number of anilines is 1. The van der Waals surface area contributed by atoms with Crippen molar-refractivity contribution in [1.82, 2.24) is 4.90 Å². The second-order valence-corrected chi connectivity index (χ2v) is 6.95. The van der Waals surface area contributed by atoms with E-state index in [1.807, 2.05) is 6.92 Å². The summed E-state index contributed by atoms with van der Waals surface area (Å²) in [6.07, 6.45) is 1.97.